The summed E-state index contributed by atoms with van der Waals surface area (Å²) in [7, 11) is 0. The van der Waals surface area contributed by atoms with Crippen LogP contribution in [-0.2, 0) is 0 Å². The van der Waals surface area contributed by atoms with E-state index in [0.29, 0.717) is 0 Å². The number of benzene rings is 8. The SMILES string of the molecule is c1ccc(-n2c(-c3cc(-c4cc(-c5cnc6ccccc6c5)cc(-c5cnc6ccccc6c5)c4)cc(-c4cc(-c5cnc6ccccc6c5)cc(-c5cnc6ccccc6c5)c4)n3)nc3ccccc32)cc1. The molecule has 7 nitrogen and oxygen atoms in total. The Hall–Kier alpha value is -9.98. The molecule has 0 bridgehead atoms. The zero-order valence-corrected chi connectivity index (χ0v) is 39.3. The molecule has 0 fully saturated rings. The Kier molecular flexibility index (Phi) is 10.0. The molecule has 0 saturated carbocycles. The minimum Gasteiger partial charge on any atom is -0.291 e. The van der Waals surface area contributed by atoms with Gasteiger partial charge in [0, 0.05) is 79.8 Å². The maximum absolute atomic E-state index is 5.65. The Labute approximate surface area is 420 Å². The van der Waals surface area contributed by atoms with Crippen LogP contribution >= 0.6 is 0 Å². The highest BCUT2D eigenvalue weighted by molar-refractivity contribution is 5.93. The van der Waals surface area contributed by atoms with Crippen LogP contribution in [0.15, 0.2) is 249 Å². The lowest BCUT2D eigenvalue weighted by Gasteiger charge is -2.16. The van der Waals surface area contributed by atoms with Crippen molar-refractivity contribution < 1.29 is 0 Å². The van der Waals surface area contributed by atoms with Crippen LogP contribution in [0, 0.1) is 0 Å². The van der Waals surface area contributed by atoms with Crippen molar-refractivity contribution in [1.82, 2.24) is 34.5 Å². The second-order valence-electron chi connectivity index (χ2n) is 18.5. The van der Waals surface area contributed by atoms with Crippen LogP contribution in [0.4, 0.5) is 0 Å². The van der Waals surface area contributed by atoms with Crippen molar-refractivity contribution in [2.24, 2.45) is 0 Å². The van der Waals surface area contributed by atoms with E-state index in [1.165, 1.54) is 0 Å². The standard InChI is InChI=1S/C66H41N7/c1-2-18-57(19-3-1)73-65-25-13-12-24-62(65)72-66(73)64-37-51(46-30-47(53-26-42-14-4-8-20-58(42)67-38-53)32-48(31-46)54-27-43-15-5-9-21-59(43)68-39-54)36-63(71-64)52-34-49(55-28-44-16-6-10-22-60(44)69-40-55)33-50(35-52)56-29-45-17-7-11-23-61(45)70-41-56/h1-41H. The van der Waals surface area contributed by atoms with E-state index in [1.807, 2.05) is 61.2 Å². The predicted molar refractivity (Wildman–Crippen MR) is 298 cm³/mol. The van der Waals surface area contributed by atoms with E-state index in [-0.39, 0.29) is 0 Å². The van der Waals surface area contributed by atoms with Crippen LogP contribution in [0.2, 0.25) is 0 Å². The van der Waals surface area contributed by atoms with Crippen LogP contribution in [0.25, 0.3) is 139 Å². The number of rotatable bonds is 8. The molecule has 0 spiro atoms. The fraction of sp³-hybridized carbons (Fsp3) is 0. The average molecular weight is 932 g/mol. The van der Waals surface area contributed by atoms with Crippen molar-refractivity contribution in [1.29, 1.82) is 0 Å². The van der Waals surface area contributed by atoms with E-state index >= 15 is 0 Å². The van der Waals surface area contributed by atoms with Gasteiger partial charge in [-0.2, -0.15) is 0 Å². The minimum atomic E-state index is 0.728. The Bertz CT molecular complexity index is 4050. The summed E-state index contributed by atoms with van der Waals surface area (Å²) in [5, 5.41) is 4.29. The zero-order chi connectivity index (χ0) is 48.2. The van der Waals surface area contributed by atoms with Gasteiger partial charge in [-0.25, -0.2) is 9.97 Å². The molecule has 7 heteroatoms. The molecule has 14 rings (SSSR count). The molecule has 340 valence electrons. The van der Waals surface area contributed by atoms with Gasteiger partial charge in [0.05, 0.1) is 38.8 Å². The van der Waals surface area contributed by atoms with Crippen molar-refractivity contribution in [3.8, 4) is 84.1 Å². The summed E-state index contributed by atoms with van der Waals surface area (Å²) >= 11 is 0. The third-order valence-electron chi connectivity index (χ3n) is 13.8. The molecule has 6 aromatic heterocycles. The normalized spacial score (nSPS) is 11.6. The summed E-state index contributed by atoms with van der Waals surface area (Å²) in [5.41, 5.74) is 19.2. The first kappa shape index (κ1) is 41.9. The van der Waals surface area contributed by atoms with Gasteiger partial charge < -0.3 is 0 Å². The molecular formula is C66H41N7. The molecule has 8 aromatic carbocycles. The Morgan fingerprint density at radius 1 is 0.247 bits per heavy atom. The molecule has 14 aromatic rings. The van der Waals surface area contributed by atoms with E-state index in [4.69, 9.17) is 29.9 Å². The summed E-state index contributed by atoms with van der Waals surface area (Å²) in [6.07, 6.45) is 7.90. The quantitative estimate of drug-likeness (QED) is 0.151. The van der Waals surface area contributed by atoms with E-state index < -0.39 is 0 Å². The Morgan fingerprint density at radius 3 is 1.04 bits per heavy atom. The summed E-state index contributed by atoms with van der Waals surface area (Å²) in [6, 6.07) is 78.6. The van der Waals surface area contributed by atoms with Gasteiger partial charge in [-0.05, 0) is 155 Å². The topological polar surface area (TPSA) is 82.3 Å². The van der Waals surface area contributed by atoms with Crippen molar-refractivity contribution in [3.05, 3.63) is 249 Å². The molecule has 0 aliphatic heterocycles. The number of para-hydroxylation sites is 7. The first-order valence-electron chi connectivity index (χ1n) is 24.4. The first-order chi connectivity index (χ1) is 36.1. The number of aromatic nitrogens is 7. The third kappa shape index (κ3) is 7.82. The van der Waals surface area contributed by atoms with E-state index in [1.54, 1.807) is 0 Å². The minimum absolute atomic E-state index is 0.728. The van der Waals surface area contributed by atoms with Gasteiger partial charge in [0.2, 0.25) is 0 Å². The molecule has 6 heterocycles. The van der Waals surface area contributed by atoms with Crippen molar-refractivity contribution >= 4 is 54.6 Å². The zero-order valence-electron chi connectivity index (χ0n) is 39.3. The van der Waals surface area contributed by atoms with Gasteiger partial charge in [0.1, 0.15) is 5.69 Å². The highest BCUT2D eigenvalue weighted by Crippen LogP contribution is 2.40. The van der Waals surface area contributed by atoms with Crippen molar-refractivity contribution in [2.75, 3.05) is 0 Å². The molecule has 73 heavy (non-hydrogen) atoms. The van der Waals surface area contributed by atoms with Crippen molar-refractivity contribution in [2.45, 2.75) is 0 Å². The summed E-state index contributed by atoms with van der Waals surface area (Å²) in [5.74, 6) is 0.734. The molecule has 0 amide bonds. The molecule has 0 N–H and O–H groups in total. The molecule has 0 saturated heterocycles. The van der Waals surface area contributed by atoms with Gasteiger partial charge >= 0.3 is 0 Å². The second-order valence-corrected chi connectivity index (χ2v) is 18.5. The Morgan fingerprint density at radius 2 is 0.589 bits per heavy atom. The van der Waals surface area contributed by atoms with Gasteiger partial charge in [-0.3, -0.25) is 24.5 Å². The number of fused-ring (bicyclic) bond motifs is 5. The summed E-state index contributed by atoms with van der Waals surface area (Å²) < 4.78 is 2.22. The monoisotopic (exact) mass is 931 g/mol. The number of nitrogens with zero attached hydrogens (tertiary/aromatic N) is 7. The lowest BCUT2D eigenvalue weighted by atomic mass is 9.92. The van der Waals surface area contributed by atoms with Crippen LogP contribution < -0.4 is 0 Å². The highest BCUT2D eigenvalue weighted by atomic mass is 15.1. The highest BCUT2D eigenvalue weighted by Gasteiger charge is 2.20. The lowest BCUT2D eigenvalue weighted by Crippen LogP contribution is -2.00. The fourth-order valence-corrected chi connectivity index (χ4v) is 10.1. The maximum Gasteiger partial charge on any atom is 0.164 e. The van der Waals surface area contributed by atoms with Crippen LogP contribution in [0.3, 0.4) is 0 Å². The molecule has 0 radical (unpaired) electrons. The van der Waals surface area contributed by atoms with Gasteiger partial charge in [0.15, 0.2) is 5.82 Å². The van der Waals surface area contributed by atoms with Gasteiger partial charge in [-0.1, -0.05) is 103 Å². The molecule has 0 unspecified atom stereocenters. The van der Waals surface area contributed by atoms with Crippen molar-refractivity contribution in [3.63, 3.8) is 0 Å². The van der Waals surface area contributed by atoms with E-state index in [2.05, 4.69) is 193 Å². The van der Waals surface area contributed by atoms with Gasteiger partial charge in [-0.15, -0.1) is 0 Å². The van der Waals surface area contributed by atoms with Gasteiger partial charge in [0.25, 0.3) is 0 Å². The summed E-state index contributed by atoms with van der Waals surface area (Å²) in [4.78, 5) is 30.7. The maximum atomic E-state index is 5.65. The third-order valence-corrected chi connectivity index (χ3v) is 13.8. The van der Waals surface area contributed by atoms with Crippen LogP contribution in [-0.4, -0.2) is 34.5 Å². The average Bonchev–Trinajstić information content (AvgIpc) is 3.87. The second kappa shape index (κ2) is 17.5. The molecule has 0 aliphatic carbocycles. The Balaban J connectivity index is 1.04. The predicted octanol–water partition coefficient (Wildman–Crippen LogP) is 16.3. The number of imidazole rings is 1. The van der Waals surface area contributed by atoms with E-state index in [9.17, 15) is 0 Å². The van der Waals surface area contributed by atoms with Crippen LogP contribution in [0.1, 0.15) is 0 Å². The fourth-order valence-electron chi connectivity index (χ4n) is 10.1. The molecule has 0 atom stereocenters. The molecular weight excluding hydrogens is 891 g/mol. The number of pyridine rings is 5. The largest absolute Gasteiger partial charge is 0.291 e. The number of hydrogen-bond acceptors (Lipinski definition) is 6. The molecule has 0 aliphatic rings. The lowest BCUT2D eigenvalue weighted by molar-refractivity contribution is 1.08. The smallest absolute Gasteiger partial charge is 0.164 e. The number of hydrogen-bond donors (Lipinski definition) is 0. The van der Waals surface area contributed by atoms with E-state index in [0.717, 1.165) is 139 Å². The summed E-state index contributed by atoms with van der Waals surface area (Å²) in [6.45, 7) is 0. The van der Waals surface area contributed by atoms with Crippen LogP contribution in [0.5, 0.6) is 0 Å². The first-order valence-corrected chi connectivity index (χ1v) is 24.4.